The Morgan fingerprint density at radius 1 is 0.705 bits per heavy atom. The molecule has 3 heterocycles. The van der Waals surface area contributed by atoms with Crippen LogP contribution in [0.5, 0.6) is 0 Å². The van der Waals surface area contributed by atoms with Crippen LogP contribution in [0.1, 0.15) is 29.2 Å². The molecule has 0 unspecified atom stereocenters. The molecule has 7 rings (SSSR count). The smallest absolute Gasteiger partial charge is 0.256 e. The number of hydrogen-bond donors (Lipinski definition) is 1. The Morgan fingerprint density at radius 2 is 1.20 bits per heavy atom. The molecular formula is C35H37N3O4S2. The Morgan fingerprint density at radius 3 is 1.82 bits per heavy atom. The van der Waals surface area contributed by atoms with Crippen LogP contribution in [0.3, 0.4) is 0 Å². The van der Waals surface area contributed by atoms with E-state index in [1.54, 1.807) is 29.9 Å². The highest BCUT2D eigenvalue weighted by Crippen LogP contribution is 2.67. The quantitative estimate of drug-likeness (QED) is 0.322. The van der Waals surface area contributed by atoms with Gasteiger partial charge in [-0.25, -0.2) is 0 Å². The van der Waals surface area contributed by atoms with E-state index >= 15 is 0 Å². The first kappa shape index (κ1) is 31.3. The molecule has 4 aromatic carbocycles. The number of hydrogen-bond acceptors (Lipinski definition) is 5. The molecule has 3 aliphatic heterocycles. The summed E-state index contributed by atoms with van der Waals surface area (Å²) in [5, 5.41) is 3.17. The van der Waals surface area contributed by atoms with Gasteiger partial charge in [-0.2, -0.15) is 0 Å². The molecule has 2 spiro atoms. The highest BCUT2D eigenvalue weighted by atomic mass is 32.2. The Labute approximate surface area is 264 Å². The van der Waals surface area contributed by atoms with Crippen molar-refractivity contribution in [2.75, 3.05) is 47.2 Å². The van der Waals surface area contributed by atoms with Gasteiger partial charge in [0.05, 0.1) is 6.04 Å². The third-order valence-electron chi connectivity index (χ3n) is 8.30. The largest absolute Gasteiger partial charge is 0.345 e. The van der Waals surface area contributed by atoms with Gasteiger partial charge >= 0.3 is 0 Å². The van der Waals surface area contributed by atoms with Crippen molar-refractivity contribution in [3.8, 4) is 0 Å². The minimum atomic E-state index is -1.26. The molecule has 0 aliphatic carbocycles. The zero-order chi connectivity index (χ0) is 31.6. The summed E-state index contributed by atoms with van der Waals surface area (Å²) < 4.78 is 19.1. The lowest BCUT2D eigenvalue weighted by molar-refractivity contribution is -0.131. The van der Waals surface area contributed by atoms with Gasteiger partial charge in [-0.15, -0.1) is 0 Å². The lowest BCUT2D eigenvalue weighted by atomic mass is 9.63. The van der Waals surface area contributed by atoms with Crippen molar-refractivity contribution < 1.29 is 18.0 Å². The van der Waals surface area contributed by atoms with Gasteiger partial charge in [0.15, 0.2) is 5.54 Å². The number of rotatable bonds is 2. The molecule has 1 fully saturated rings. The summed E-state index contributed by atoms with van der Waals surface area (Å²) in [6.45, 7) is 0. The fourth-order valence-electron chi connectivity index (χ4n) is 6.96. The average Bonchev–Trinajstić information content (AvgIpc) is 3.57. The molecule has 228 valence electrons. The third kappa shape index (κ3) is 4.98. The number of carbonyl (C=O) groups is 2. The summed E-state index contributed by atoms with van der Waals surface area (Å²) in [5.74, 6) is -0.209. The van der Waals surface area contributed by atoms with Crippen molar-refractivity contribution in [3.05, 3.63) is 126 Å². The Hall–Kier alpha value is -4.08. The topological polar surface area (TPSA) is 86.8 Å². The number of nitrogens with one attached hydrogen (secondary N) is 1. The maximum Gasteiger partial charge on any atom is 0.256 e. The molecule has 4 aromatic rings. The van der Waals surface area contributed by atoms with Crippen LogP contribution in [0.4, 0.5) is 17.1 Å². The molecule has 3 atom stereocenters. The fourth-order valence-corrected chi connectivity index (χ4v) is 6.96. The number of amides is 2. The Kier molecular flexibility index (Phi) is 8.90. The van der Waals surface area contributed by atoms with Crippen LogP contribution in [0.25, 0.3) is 0 Å². The number of nitrogens with zero attached hydrogens (tertiary/aromatic N) is 2. The van der Waals surface area contributed by atoms with E-state index in [1.165, 1.54) is 0 Å². The number of benzene rings is 4. The molecule has 44 heavy (non-hydrogen) atoms. The van der Waals surface area contributed by atoms with E-state index in [1.807, 2.05) is 104 Å². The second-order valence-corrected chi connectivity index (χ2v) is 14.3. The first-order valence-electron chi connectivity index (χ1n) is 14.3. The summed E-state index contributed by atoms with van der Waals surface area (Å²) in [6.07, 6.45) is 7.04. The van der Waals surface area contributed by atoms with Crippen molar-refractivity contribution in [1.82, 2.24) is 0 Å². The zero-order valence-corrected chi connectivity index (χ0v) is 27.2. The van der Waals surface area contributed by atoms with Gasteiger partial charge in [0.2, 0.25) is 5.91 Å². The van der Waals surface area contributed by atoms with Gasteiger partial charge in [0.25, 0.3) is 5.91 Å². The van der Waals surface area contributed by atoms with Crippen LogP contribution in [-0.2, 0) is 42.1 Å². The second kappa shape index (κ2) is 12.5. The number of likely N-dealkylation sites (N-methyl/N-ethyl adjacent to an activating group) is 1. The van der Waals surface area contributed by atoms with Crippen LogP contribution in [0, 0.1) is 0 Å². The van der Waals surface area contributed by atoms with Gasteiger partial charge in [-0.3, -0.25) is 18.0 Å². The maximum atomic E-state index is 14.6. The van der Waals surface area contributed by atoms with Crippen LogP contribution >= 0.6 is 0 Å². The van der Waals surface area contributed by atoms with E-state index < -0.39 is 32.6 Å². The summed E-state index contributed by atoms with van der Waals surface area (Å²) in [6, 6.07) is 35.9. The molecule has 1 saturated heterocycles. The first-order valence-corrected chi connectivity index (χ1v) is 18.2. The number of para-hydroxylation sites is 3. The molecule has 9 heteroatoms. The van der Waals surface area contributed by atoms with E-state index in [2.05, 4.69) is 22.3 Å². The number of anilines is 3. The van der Waals surface area contributed by atoms with Gasteiger partial charge in [0.1, 0.15) is 5.41 Å². The van der Waals surface area contributed by atoms with Crippen molar-refractivity contribution in [2.24, 2.45) is 0 Å². The predicted molar refractivity (Wildman–Crippen MR) is 181 cm³/mol. The van der Waals surface area contributed by atoms with Crippen molar-refractivity contribution >= 4 is 50.5 Å². The van der Waals surface area contributed by atoms with E-state index in [-0.39, 0.29) is 17.9 Å². The number of carbonyl (C=O) groups excluding carboxylic acids is 2. The standard InChI is InChI=1S/C31H25N3O2.2C2H6OS/c1-33-26-19-11-9-17-24(26)30(29(33)36)20-27(21-12-4-2-5-13-21)34(22-14-6-3-7-15-22)31(30)23-16-8-10-18-25(23)32-28(31)35;2*1-4(2)3/h2-19,27H,20H2,1H3,(H,32,35);2*1-2H3/t27-,30+,31+;;/m0../s1. The first-order chi connectivity index (χ1) is 21.1. The monoisotopic (exact) mass is 627 g/mol. The van der Waals surface area contributed by atoms with Gasteiger partial charge in [-0.05, 0) is 41.8 Å². The van der Waals surface area contributed by atoms with Crippen molar-refractivity contribution in [1.29, 1.82) is 0 Å². The molecule has 2 amide bonds. The van der Waals surface area contributed by atoms with Crippen LogP contribution in [0.15, 0.2) is 109 Å². The van der Waals surface area contributed by atoms with E-state index in [4.69, 9.17) is 0 Å². The number of fused-ring (bicyclic) bond motifs is 5. The molecule has 0 radical (unpaired) electrons. The summed E-state index contributed by atoms with van der Waals surface area (Å²) in [7, 11) is 0.602. The highest BCUT2D eigenvalue weighted by Gasteiger charge is 2.76. The van der Waals surface area contributed by atoms with Crippen molar-refractivity contribution in [3.63, 3.8) is 0 Å². The third-order valence-corrected chi connectivity index (χ3v) is 8.30. The Balaban J connectivity index is 0.000000432. The SMILES string of the molecule is CN1C(=O)[C@@]2(C[C@@H](c3ccccc3)N(c3ccccc3)[C@]23C(=O)Nc2ccccc23)c2ccccc21.CS(C)=O.CS(C)=O. The molecule has 0 aromatic heterocycles. The van der Waals surface area contributed by atoms with E-state index in [0.29, 0.717) is 6.42 Å². The molecular weight excluding hydrogens is 591 g/mol. The highest BCUT2D eigenvalue weighted by molar-refractivity contribution is 7.83. The summed E-state index contributed by atoms with van der Waals surface area (Å²) >= 11 is 0. The molecule has 1 N–H and O–H groups in total. The summed E-state index contributed by atoms with van der Waals surface area (Å²) in [4.78, 5) is 33.0. The van der Waals surface area contributed by atoms with Crippen LogP contribution in [0.2, 0.25) is 0 Å². The van der Waals surface area contributed by atoms with Gasteiger partial charge in [-0.1, -0.05) is 84.9 Å². The molecule has 0 bridgehead atoms. The predicted octanol–water partition coefficient (Wildman–Crippen LogP) is 5.39. The molecule has 0 saturated carbocycles. The minimum absolute atomic E-state index is 0.0464. The lowest BCUT2D eigenvalue weighted by Crippen LogP contribution is -2.61. The minimum Gasteiger partial charge on any atom is -0.345 e. The molecule has 3 aliphatic rings. The van der Waals surface area contributed by atoms with Crippen molar-refractivity contribution in [2.45, 2.75) is 23.4 Å². The van der Waals surface area contributed by atoms with Crippen LogP contribution in [-0.4, -0.2) is 52.3 Å². The fraction of sp³-hybridized carbons (Fsp3) is 0.257. The Bertz CT molecular complexity index is 1710. The second-order valence-electron chi connectivity index (χ2n) is 11.3. The lowest BCUT2D eigenvalue weighted by Gasteiger charge is -2.45. The summed E-state index contributed by atoms with van der Waals surface area (Å²) in [5.41, 5.74) is 3.00. The average molecular weight is 628 g/mol. The molecule has 7 nitrogen and oxygen atoms in total. The zero-order valence-electron chi connectivity index (χ0n) is 25.5. The van der Waals surface area contributed by atoms with Gasteiger partial charge < -0.3 is 15.1 Å². The van der Waals surface area contributed by atoms with Crippen LogP contribution < -0.4 is 15.1 Å². The maximum absolute atomic E-state index is 14.6. The van der Waals surface area contributed by atoms with Gasteiger partial charge in [0, 0.05) is 76.3 Å². The normalized spacial score (nSPS) is 22.8. The van der Waals surface area contributed by atoms with E-state index in [0.717, 1.165) is 33.8 Å². The van der Waals surface area contributed by atoms with E-state index in [9.17, 15) is 18.0 Å².